The van der Waals surface area contributed by atoms with Gasteiger partial charge in [-0.1, -0.05) is 24.3 Å². The van der Waals surface area contributed by atoms with Crippen molar-refractivity contribution in [2.45, 2.75) is 25.7 Å². The third kappa shape index (κ3) is 6.82. The van der Waals surface area contributed by atoms with Gasteiger partial charge in [0, 0.05) is 12.8 Å². The van der Waals surface area contributed by atoms with Gasteiger partial charge in [0.2, 0.25) is 11.8 Å². The summed E-state index contributed by atoms with van der Waals surface area (Å²) >= 11 is 0. The summed E-state index contributed by atoms with van der Waals surface area (Å²) in [5.41, 5.74) is 8.91. The van der Waals surface area contributed by atoms with Gasteiger partial charge in [0.15, 0.2) is 0 Å². The van der Waals surface area contributed by atoms with Crippen molar-refractivity contribution >= 4 is 23.6 Å². The van der Waals surface area contributed by atoms with Gasteiger partial charge in [-0.15, -0.1) is 0 Å². The number of hydrazine groups is 2. The predicted octanol–water partition coefficient (Wildman–Crippen LogP) is 0.880. The SMILES string of the molecule is O=C(CCCCC(=O)NNC(=O)c1ccccc1O)NNC(=O)c1ccccc1O. The lowest BCUT2D eigenvalue weighted by molar-refractivity contribution is -0.123. The van der Waals surface area contributed by atoms with Crippen molar-refractivity contribution in [3.63, 3.8) is 0 Å². The summed E-state index contributed by atoms with van der Waals surface area (Å²) in [4.78, 5) is 47.2. The van der Waals surface area contributed by atoms with E-state index in [-0.39, 0.29) is 35.5 Å². The number of unbranched alkanes of at least 4 members (excludes halogenated alkanes) is 1. The highest BCUT2D eigenvalue weighted by Crippen LogP contribution is 2.15. The minimum absolute atomic E-state index is 0.0281. The molecule has 0 bridgehead atoms. The molecule has 0 saturated carbocycles. The van der Waals surface area contributed by atoms with E-state index in [1.165, 1.54) is 24.3 Å². The Kier molecular flexibility index (Phi) is 8.18. The van der Waals surface area contributed by atoms with E-state index in [1.807, 2.05) is 0 Å². The highest BCUT2D eigenvalue weighted by Gasteiger charge is 2.12. The first kappa shape index (κ1) is 22.2. The van der Waals surface area contributed by atoms with Gasteiger partial charge >= 0.3 is 0 Å². The molecular weight excluding hydrogens is 392 g/mol. The maximum Gasteiger partial charge on any atom is 0.273 e. The first-order chi connectivity index (χ1) is 14.4. The summed E-state index contributed by atoms with van der Waals surface area (Å²) < 4.78 is 0. The van der Waals surface area contributed by atoms with Crippen molar-refractivity contribution in [1.82, 2.24) is 21.7 Å². The Hall–Kier alpha value is -4.08. The smallest absolute Gasteiger partial charge is 0.273 e. The van der Waals surface area contributed by atoms with Crippen LogP contribution >= 0.6 is 0 Å². The molecule has 10 heteroatoms. The topological polar surface area (TPSA) is 157 Å². The third-order valence-electron chi connectivity index (χ3n) is 3.99. The Morgan fingerprint density at radius 3 is 1.33 bits per heavy atom. The fourth-order valence-electron chi connectivity index (χ4n) is 2.42. The average molecular weight is 414 g/mol. The molecule has 0 atom stereocenters. The molecule has 2 aromatic rings. The number of carbonyl (C=O) groups excluding carboxylic acids is 4. The van der Waals surface area contributed by atoms with E-state index in [2.05, 4.69) is 21.7 Å². The highest BCUT2D eigenvalue weighted by molar-refractivity contribution is 5.98. The molecule has 0 heterocycles. The maximum absolute atomic E-state index is 11.9. The van der Waals surface area contributed by atoms with Crippen molar-refractivity contribution in [2.75, 3.05) is 0 Å². The molecule has 0 radical (unpaired) electrons. The number of phenols is 2. The zero-order valence-corrected chi connectivity index (χ0v) is 16.0. The van der Waals surface area contributed by atoms with Gasteiger partial charge in [0.1, 0.15) is 11.5 Å². The Bertz CT molecular complexity index is 856. The van der Waals surface area contributed by atoms with Gasteiger partial charge < -0.3 is 10.2 Å². The molecule has 158 valence electrons. The Morgan fingerprint density at radius 1 is 0.600 bits per heavy atom. The van der Waals surface area contributed by atoms with Gasteiger partial charge in [-0.25, -0.2) is 0 Å². The van der Waals surface area contributed by atoms with Crippen LogP contribution in [0.1, 0.15) is 46.4 Å². The summed E-state index contributed by atoms with van der Waals surface area (Å²) in [6.07, 6.45) is 0.884. The number of phenolic OH excluding ortho intramolecular Hbond substituents is 2. The first-order valence-electron chi connectivity index (χ1n) is 9.13. The van der Waals surface area contributed by atoms with E-state index >= 15 is 0 Å². The number of hydrogen-bond acceptors (Lipinski definition) is 6. The van der Waals surface area contributed by atoms with Crippen LogP contribution in [-0.4, -0.2) is 33.8 Å². The van der Waals surface area contributed by atoms with Crippen molar-refractivity contribution in [3.8, 4) is 11.5 Å². The zero-order chi connectivity index (χ0) is 21.9. The van der Waals surface area contributed by atoms with E-state index in [9.17, 15) is 29.4 Å². The molecule has 0 aliphatic carbocycles. The molecule has 2 rings (SSSR count). The van der Waals surface area contributed by atoms with Crippen LogP contribution in [0.15, 0.2) is 48.5 Å². The number of aromatic hydroxyl groups is 2. The molecule has 0 fully saturated rings. The third-order valence-corrected chi connectivity index (χ3v) is 3.99. The lowest BCUT2D eigenvalue weighted by Crippen LogP contribution is -2.42. The minimum Gasteiger partial charge on any atom is -0.507 e. The fourth-order valence-corrected chi connectivity index (χ4v) is 2.42. The van der Waals surface area contributed by atoms with Crippen LogP contribution in [0.5, 0.6) is 11.5 Å². The van der Waals surface area contributed by atoms with E-state index in [4.69, 9.17) is 0 Å². The molecule has 10 nitrogen and oxygen atoms in total. The van der Waals surface area contributed by atoms with Crippen molar-refractivity contribution < 1.29 is 29.4 Å². The molecule has 0 spiro atoms. The molecule has 0 aromatic heterocycles. The summed E-state index contributed by atoms with van der Waals surface area (Å²) in [6, 6.07) is 11.8. The number of para-hydroxylation sites is 2. The first-order valence-corrected chi connectivity index (χ1v) is 9.13. The van der Waals surface area contributed by atoms with Crippen LogP contribution in [-0.2, 0) is 9.59 Å². The van der Waals surface area contributed by atoms with Crippen LogP contribution < -0.4 is 21.7 Å². The number of carbonyl (C=O) groups is 4. The Morgan fingerprint density at radius 2 is 0.967 bits per heavy atom. The molecule has 6 N–H and O–H groups in total. The van der Waals surface area contributed by atoms with E-state index < -0.39 is 23.6 Å². The summed E-state index contributed by atoms with van der Waals surface area (Å²) in [7, 11) is 0. The molecule has 4 amide bonds. The van der Waals surface area contributed by atoms with Crippen LogP contribution in [0.3, 0.4) is 0 Å². The van der Waals surface area contributed by atoms with Gasteiger partial charge in [-0.3, -0.25) is 40.9 Å². The molecule has 30 heavy (non-hydrogen) atoms. The normalized spacial score (nSPS) is 10.0. The second kappa shape index (κ2) is 11.1. The molecule has 0 saturated heterocycles. The van der Waals surface area contributed by atoms with Crippen molar-refractivity contribution in [1.29, 1.82) is 0 Å². The molecule has 0 unspecified atom stereocenters. The Balaban J connectivity index is 1.60. The summed E-state index contributed by atoms with van der Waals surface area (Å²) in [5.74, 6) is -2.62. The number of amides is 4. The highest BCUT2D eigenvalue weighted by atomic mass is 16.3. The van der Waals surface area contributed by atoms with E-state index in [0.29, 0.717) is 12.8 Å². The standard InChI is InChI=1S/C20H22N4O6/c25-15-9-3-1-7-13(15)19(29)23-21-17(27)11-5-6-12-18(28)22-24-20(30)14-8-2-4-10-16(14)26/h1-4,7-10,25-26H,5-6,11-12H2,(H,21,27)(H,22,28)(H,23,29)(H,24,30). The van der Waals surface area contributed by atoms with Crippen LogP contribution in [0.4, 0.5) is 0 Å². The van der Waals surface area contributed by atoms with Crippen molar-refractivity contribution in [3.05, 3.63) is 59.7 Å². The number of benzene rings is 2. The minimum atomic E-state index is -0.652. The van der Waals surface area contributed by atoms with Gasteiger partial charge in [-0.05, 0) is 37.1 Å². The second-order valence-corrected chi connectivity index (χ2v) is 6.25. The average Bonchev–Trinajstić information content (AvgIpc) is 2.74. The van der Waals surface area contributed by atoms with Gasteiger partial charge in [-0.2, -0.15) is 0 Å². The molecular formula is C20H22N4O6. The zero-order valence-electron chi connectivity index (χ0n) is 16.0. The molecule has 2 aromatic carbocycles. The molecule has 0 aliphatic heterocycles. The Labute approximate surface area is 172 Å². The van der Waals surface area contributed by atoms with Crippen LogP contribution in [0, 0.1) is 0 Å². The van der Waals surface area contributed by atoms with E-state index in [1.54, 1.807) is 24.3 Å². The number of hydrogen-bond donors (Lipinski definition) is 6. The van der Waals surface area contributed by atoms with Crippen molar-refractivity contribution in [2.24, 2.45) is 0 Å². The lowest BCUT2D eigenvalue weighted by Gasteiger charge is -2.09. The quantitative estimate of drug-likeness (QED) is 0.292. The molecule has 0 aliphatic rings. The predicted molar refractivity (Wildman–Crippen MR) is 106 cm³/mol. The number of nitrogens with one attached hydrogen (secondary N) is 4. The lowest BCUT2D eigenvalue weighted by atomic mass is 10.2. The second-order valence-electron chi connectivity index (χ2n) is 6.25. The van der Waals surface area contributed by atoms with E-state index in [0.717, 1.165) is 0 Å². The number of rotatable bonds is 7. The van der Waals surface area contributed by atoms with Crippen LogP contribution in [0.2, 0.25) is 0 Å². The largest absolute Gasteiger partial charge is 0.507 e. The van der Waals surface area contributed by atoms with Crippen LogP contribution in [0.25, 0.3) is 0 Å². The summed E-state index contributed by atoms with van der Waals surface area (Å²) in [5, 5.41) is 19.2. The fraction of sp³-hybridized carbons (Fsp3) is 0.200. The monoisotopic (exact) mass is 414 g/mol. The van der Waals surface area contributed by atoms with Gasteiger partial charge in [0.25, 0.3) is 11.8 Å². The summed E-state index contributed by atoms with van der Waals surface area (Å²) in [6.45, 7) is 0. The maximum atomic E-state index is 11.9. The van der Waals surface area contributed by atoms with Gasteiger partial charge in [0.05, 0.1) is 11.1 Å².